The largest absolute Gasteiger partial charge is 0.352 e. The third kappa shape index (κ3) is 3.78. The minimum atomic E-state index is -0.564. The number of hydrogen-bond acceptors (Lipinski definition) is 7. The Morgan fingerprint density at radius 3 is 2.72 bits per heavy atom. The summed E-state index contributed by atoms with van der Waals surface area (Å²) in [6.45, 7) is 3.10. The van der Waals surface area contributed by atoms with Crippen LogP contribution >= 0.6 is 11.3 Å². The number of halogens is 1. The van der Waals surface area contributed by atoms with Gasteiger partial charge in [0, 0.05) is 45.1 Å². The molecule has 1 fully saturated rings. The van der Waals surface area contributed by atoms with Gasteiger partial charge in [-0.2, -0.15) is 0 Å². The van der Waals surface area contributed by atoms with E-state index >= 15 is 4.39 Å². The van der Waals surface area contributed by atoms with E-state index in [9.17, 15) is 9.59 Å². The Morgan fingerprint density at radius 2 is 1.94 bits per heavy atom. The molecule has 182 valence electrons. The number of hydrogen-bond donors (Lipinski definition) is 1. The number of thiazole rings is 1. The number of piperazine rings is 1. The topological polar surface area (TPSA) is 82.8 Å². The molecule has 0 aliphatic carbocycles. The van der Waals surface area contributed by atoms with Crippen molar-refractivity contribution in [3.05, 3.63) is 82.0 Å². The number of carbonyl (C=O) groups is 1. The van der Waals surface area contributed by atoms with E-state index in [1.165, 1.54) is 17.4 Å². The first-order valence-electron chi connectivity index (χ1n) is 11.7. The Bertz CT molecular complexity index is 1680. The summed E-state index contributed by atoms with van der Waals surface area (Å²) in [6, 6.07) is 12.5. The molecule has 1 amide bonds. The minimum Gasteiger partial charge on any atom is -0.352 e. The lowest BCUT2D eigenvalue weighted by Crippen LogP contribution is -2.45. The molecule has 8 nitrogen and oxygen atoms in total. The van der Waals surface area contributed by atoms with Crippen LogP contribution in [0.1, 0.15) is 15.9 Å². The van der Waals surface area contributed by atoms with Crippen molar-refractivity contribution in [2.75, 3.05) is 38.1 Å². The van der Waals surface area contributed by atoms with E-state index in [1.807, 2.05) is 46.7 Å². The summed E-state index contributed by atoms with van der Waals surface area (Å²) in [5.41, 5.74) is 1.43. The number of likely N-dealkylation sites (N-methyl/N-ethyl adjacent to an activating group) is 1. The van der Waals surface area contributed by atoms with Gasteiger partial charge in [0.05, 0.1) is 15.6 Å². The standard InChI is InChI=1S/C26H23FN6O2S/c1-31-9-11-32(12-10-31)24-18(27)13-17-22(34)21(25(35)29-15-16-5-4-8-28-14-16)26-33(23(17)30-24)19-6-2-3-7-20(19)36-26/h2-8,13-14H,9-12,15H2,1H3,(H,29,35). The van der Waals surface area contributed by atoms with Crippen molar-refractivity contribution in [1.82, 2.24) is 24.6 Å². The molecule has 1 aliphatic rings. The highest BCUT2D eigenvalue weighted by Gasteiger charge is 2.26. The molecular weight excluding hydrogens is 479 g/mol. The van der Waals surface area contributed by atoms with Crippen molar-refractivity contribution < 1.29 is 9.18 Å². The molecule has 1 saturated heterocycles. The highest BCUT2D eigenvalue weighted by atomic mass is 32.1. The molecule has 5 aromatic rings. The number of rotatable bonds is 4. The average molecular weight is 503 g/mol. The van der Waals surface area contributed by atoms with Crippen LogP contribution in [0, 0.1) is 5.82 Å². The maximum absolute atomic E-state index is 15.4. The van der Waals surface area contributed by atoms with E-state index < -0.39 is 17.2 Å². The van der Waals surface area contributed by atoms with Gasteiger partial charge in [0.2, 0.25) is 5.43 Å². The lowest BCUT2D eigenvalue weighted by Gasteiger charge is -2.33. The van der Waals surface area contributed by atoms with Crippen LogP contribution in [0.4, 0.5) is 10.2 Å². The van der Waals surface area contributed by atoms with Gasteiger partial charge in [0.15, 0.2) is 17.3 Å². The van der Waals surface area contributed by atoms with Crippen LogP contribution in [-0.4, -0.2) is 58.4 Å². The molecular formula is C26H23FN6O2S. The number of benzene rings is 1. The monoisotopic (exact) mass is 502 g/mol. The molecule has 1 N–H and O–H groups in total. The lowest BCUT2D eigenvalue weighted by atomic mass is 10.1. The predicted octanol–water partition coefficient (Wildman–Crippen LogP) is 3.28. The zero-order valence-electron chi connectivity index (χ0n) is 19.6. The summed E-state index contributed by atoms with van der Waals surface area (Å²) in [7, 11) is 2.03. The second-order valence-electron chi connectivity index (χ2n) is 8.91. The van der Waals surface area contributed by atoms with Gasteiger partial charge in [0.25, 0.3) is 5.91 Å². The highest BCUT2D eigenvalue weighted by Crippen LogP contribution is 2.32. The van der Waals surface area contributed by atoms with Crippen molar-refractivity contribution in [3.8, 4) is 0 Å². The lowest BCUT2D eigenvalue weighted by molar-refractivity contribution is 0.0951. The third-order valence-corrected chi connectivity index (χ3v) is 7.70. The van der Waals surface area contributed by atoms with Crippen molar-refractivity contribution in [2.45, 2.75) is 6.54 Å². The number of amides is 1. The summed E-state index contributed by atoms with van der Waals surface area (Å²) >= 11 is 1.35. The van der Waals surface area contributed by atoms with E-state index in [2.05, 4.69) is 15.2 Å². The number of para-hydroxylation sites is 1. The van der Waals surface area contributed by atoms with Gasteiger partial charge in [-0.1, -0.05) is 18.2 Å². The molecule has 0 bridgehead atoms. The van der Waals surface area contributed by atoms with Crippen molar-refractivity contribution in [3.63, 3.8) is 0 Å². The first kappa shape index (κ1) is 22.6. The van der Waals surface area contributed by atoms with Gasteiger partial charge in [0.1, 0.15) is 10.4 Å². The van der Waals surface area contributed by atoms with Crippen LogP contribution in [0.25, 0.3) is 26.1 Å². The van der Waals surface area contributed by atoms with Gasteiger partial charge in [-0.25, -0.2) is 9.37 Å². The number of aromatic nitrogens is 3. The zero-order valence-corrected chi connectivity index (χ0v) is 20.4. The third-order valence-electron chi connectivity index (χ3n) is 6.56. The first-order valence-corrected chi connectivity index (χ1v) is 12.5. The fourth-order valence-electron chi connectivity index (χ4n) is 4.61. The minimum absolute atomic E-state index is 0.0128. The molecule has 36 heavy (non-hydrogen) atoms. The molecule has 4 aromatic heterocycles. The molecule has 0 radical (unpaired) electrons. The van der Waals surface area contributed by atoms with Crippen molar-refractivity contribution in [1.29, 1.82) is 0 Å². The summed E-state index contributed by atoms with van der Waals surface area (Å²) < 4.78 is 18.1. The molecule has 1 aromatic carbocycles. The van der Waals surface area contributed by atoms with Gasteiger partial charge < -0.3 is 15.1 Å². The van der Waals surface area contributed by atoms with Crippen LogP contribution in [0.15, 0.2) is 59.7 Å². The molecule has 6 rings (SSSR count). The predicted molar refractivity (Wildman–Crippen MR) is 139 cm³/mol. The summed E-state index contributed by atoms with van der Waals surface area (Å²) in [5, 5.41) is 2.91. The fraction of sp³-hybridized carbons (Fsp3) is 0.231. The average Bonchev–Trinajstić information content (AvgIpc) is 3.28. The molecule has 5 heterocycles. The summed E-state index contributed by atoms with van der Waals surface area (Å²) in [4.78, 5) is 40.3. The van der Waals surface area contributed by atoms with Gasteiger partial charge in [-0.3, -0.25) is 19.0 Å². The van der Waals surface area contributed by atoms with Gasteiger partial charge in [-0.05, 0) is 36.9 Å². The van der Waals surface area contributed by atoms with Crippen molar-refractivity contribution >= 4 is 49.1 Å². The normalized spacial score (nSPS) is 14.7. The molecule has 0 unspecified atom stereocenters. The number of fused-ring (bicyclic) bond motifs is 5. The van der Waals surface area contributed by atoms with E-state index in [4.69, 9.17) is 4.98 Å². The molecule has 1 aliphatic heterocycles. The Kier molecular flexibility index (Phi) is 5.62. The van der Waals surface area contributed by atoms with E-state index in [1.54, 1.807) is 18.5 Å². The number of anilines is 1. The summed E-state index contributed by atoms with van der Waals surface area (Å²) in [5.74, 6) is -0.850. The van der Waals surface area contributed by atoms with Crippen LogP contribution in [0.5, 0.6) is 0 Å². The SMILES string of the molecule is CN1CCN(c2nc3c(cc2F)c(=O)c(C(=O)NCc2cccnc2)c2sc4ccccc4n23)CC1. The molecule has 10 heteroatoms. The second kappa shape index (κ2) is 8.96. The highest BCUT2D eigenvalue weighted by molar-refractivity contribution is 7.24. The zero-order chi connectivity index (χ0) is 24.8. The van der Waals surface area contributed by atoms with Crippen LogP contribution in [0.2, 0.25) is 0 Å². The Morgan fingerprint density at radius 1 is 1.14 bits per heavy atom. The maximum Gasteiger partial charge on any atom is 0.258 e. The smallest absolute Gasteiger partial charge is 0.258 e. The quantitative estimate of drug-likeness (QED) is 0.406. The Balaban J connectivity index is 1.55. The van der Waals surface area contributed by atoms with E-state index in [0.717, 1.165) is 28.9 Å². The fourth-order valence-corrected chi connectivity index (χ4v) is 5.80. The number of nitrogens with one attached hydrogen (secondary N) is 1. The Hall–Kier alpha value is -3.89. The number of pyridine rings is 3. The first-order chi connectivity index (χ1) is 17.5. The maximum atomic E-state index is 15.4. The molecule has 0 saturated carbocycles. The number of nitrogens with zero attached hydrogens (tertiary/aromatic N) is 5. The Labute approximate surface area is 209 Å². The van der Waals surface area contributed by atoms with E-state index in [-0.39, 0.29) is 23.3 Å². The summed E-state index contributed by atoms with van der Waals surface area (Å²) in [6.07, 6.45) is 3.31. The van der Waals surface area contributed by atoms with Gasteiger partial charge >= 0.3 is 0 Å². The van der Waals surface area contributed by atoms with Crippen LogP contribution in [-0.2, 0) is 6.54 Å². The number of carbonyl (C=O) groups excluding carboxylic acids is 1. The van der Waals surface area contributed by atoms with E-state index in [0.29, 0.717) is 23.6 Å². The molecule has 0 atom stereocenters. The van der Waals surface area contributed by atoms with Gasteiger partial charge in [-0.15, -0.1) is 11.3 Å². The van der Waals surface area contributed by atoms with Crippen molar-refractivity contribution in [2.24, 2.45) is 0 Å². The van der Waals surface area contributed by atoms with Crippen LogP contribution in [0.3, 0.4) is 0 Å². The molecule has 0 spiro atoms. The second-order valence-corrected chi connectivity index (χ2v) is 9.94. The van der Waals surface area contributed by atoms with Crippen LogP contribution < -0.4 is 15.6 Å².